The number of carbonyl (C=O) groups is 1. The third-order valence-electron chi connectivity index (χ3n) is 3.09. The van der Waals surface area contributed by atoms with Gasteiger partial charge in [-0.05, 0) is 32.0 Å². The molecule has 0 aliphatic carbocycles. The molecule has 1 unspecified atom stereocenters. The van der Waals surface area contributed by atoms with Crippen LogP contribution in [0.2, 0.25) is 0 Å². The number of carbonyl (C=O) groups excluding carboxylic acids is 1. The second-order valence-electron chi connectivity index (χ2n) is 4.39. The predicted octanol–water partition coefficient (Wildman–Crippen LogP) is 1.65. The predicted molar refractivity (Wildman–Crippen MR) is 64.4 cm³/mol. The fraction of sp³-hybridized carbons (Fsp3) is 0.462. The quantitative estimate of drug-likeness (QED) is 0.804. The second kappa shape index (κ2) is 5.27. The molecule has 0 bridgehead atoms. The van der Waals surface area contributed by atoms with Gasteiger partial charge in [0.15, 0.2) is 0 Å². The van der Waals surface area contributed by atoms with Crippen molar-refractivity contribution in [2.45, 2.75) is 19.4 Å². The summed E-state index contributed by atoms with van der Waals surface area (Å²) in [6.07, 6.45) is 0.907. The molecule has 0 radical (unpaired) electrons. The van der Waals surface area contributed by atoms with E-state index in [1.54, 1.807) is 23.1 Å². The van der Waals surface area contributed by atoms with Crippen molar-refractivity contribution < 1.29 is 9.18 Å². The minimum absolute atomic E-state index is 0.101. The molecule has 1 amide bonds. The maximum absolute atomic E-state index is 13.6. The Bertz CT molecular complexity index is 408. The number of rotatable bonds is 1. The zero-order valence-corrected chi connectivity index (χ0v) is 9.95. The SMILES string of the molecule is CC1CNCCCN1C(=O)c1ccccc1F. The zero-order valence-electron chi connectivity index (χ0n) is 9.95. The van der Waals surface area contributed by atoms with Gasteiger partial charge in [-0.15, -0.1) is 0 Å². The summed E-state index contributed by atoms with van der Waals surface area (Å²) in [5, 5.41) is 3.26. The summed E-state index contributed by atoms with van der Waals surface area (Å²) >= 11 is 0. The van der Waals surface area contributed by atoms with Crippen LogP contribution >= 0.6 is 0 Å². The largest absolute Gasteiger partial charge is 0.335 e. The Morgan fingerprint density at radius 3 is 3.00 bits per heavy atom. The first kappa shape index (κ1) is 12.0. The van der Waals surface area contributed by atoms with Crippen LogP contribution in [0.4, 0.5) is 4.39 Å². The van der Waals surface area contributed by atoms with E-state index in [1.165, 1.54) is 6.07 Å². The topological polar surface area (TPSA) is 32.3 Å². The Morgan fingerprint density at radius 2 is 2.24 bits per heavy atom. The molecular weight excluding hydrogens is 219 g/mol. The molecule has 1 aliphatic rings. The van der Waals surface area contributed by atoms with E-state index in [1.807, 2.05) is 6.92 Å². The number of hydrogen-bond donors (Lipinski definition) is 1. The van der Waals surface area contributed by atoms with E-state index in [0.29, 0.717) is 6.54 Å². The summed E-state index contributed by atoms with van der Waals surface area (Å²) in [7, 11) is 0. The average Bonchev–Trinajstić information content (AvgIpc) is 2.54. The van der Waals surface area contributed by atoms with Gasteiger partial charge >= 0.3 is 0 Å². The summed E-state index contributed by atoms with van der Waals surface area (Å²) in [5.41, 5.74) is 0.168. The molecule has 2 rings (SSSR count). The van der Waals surface area contributed by atoms with Crippen molar-refractivity contribution in [3.63, 3.8) is 0 Å². The van der Waals surface area contributed by atoms with Crippen LogP contribution in [0.3, 0.4) is 0 Å². The lowest BCUT2D eigenvalue weighted by atomic mass is 10.1. The summed E-state index contributed by atoms with van der Waals surface area (Å²) in [6, 6.07) is 6.26. The Morgan fingerprint density at radius 1 is 1.47 bits per heavy atom. The van der Waals surface area contributed by atoms with E-state index in [2.05, 4.69) is 5.32 Å². The lowest BCUT2D eigenvalue weighted by Gasteiger charge is -2.27. The highest BCUT2D eigenvalue weighted by Crippen LogP contribution is 2.13. The maximum atomic E-state index is 13.6. The standard InChI is InChI=1S/C13H17FN2O/c1-10-9-15-7-4-8-16(10)13(17)11-5-2-3-6-12(11)14/h2-3,5-6,10,15H,4,7-9H2,1H3. The highest BCUT2D eigenvalue weighted by atomic mass is 19.1. The van der Waals surface area contributed by atoms with Crippen molar-refractivity contribution in [2.75, 3.05) is 19.6 Å². The smallest absolute Gasteiger partial charge is 0.257 e. The van der Waals surface area contributed by atoms with Crippen LogP contribution in [0.25, 0.3) is 0 Å². The molecule has 0 spiro atoms. The lowest BCUT2D eigenvalue weighted by Crippen LogP contribution is -2.42. The number of amides is 1. The summed E-state index contributed by atoms with van der Waals surface area (Å²) in [4.78, 5) is 14.0. The Hall–Kier alpha value is -1.42. The Balaban J connectivity index is 2.21. The molecule has 1 aromatic rings. The van der Waals surface area contributed by atoms with Crippen LogP contribution in [0, 0.1) is 5.82 Å². The van der Waals surface area contributed by atoms with Crippen LogP contribution in [-0.4, -0.2) is 36.5 Å². The summed E-state index contributed by atoms with van der Waals surface area (Å²) < 4.78 is 13.6. The van der Waals surface area contributed by atoms with Crippen molar-refractivity contribution in [1.82, 2.24) is 10.2 Å². The highest BCUT2D eigenvalue weighted by molar-refractivity contribution is 5.94. The van der Waals surface area contributed by atoms with E-state index in [0.717, 1.165) is 19.5 Å². The fourth-order valence-corrected chi connectivity index (χ4v) is 2.11. The number of halogens is 1. The van der Waals surface area contributed by atoms with Crippen LogP contribution in [0.1, 0.15) is 23.7 Å². The Kier molecular flexibility index (Phi) is 3.74. The fourth-order valence-electron chi connectivity index (χ4n) is 2.11. The number of benzene rings is 1. The molecule has 17 heavy (non-hydrogen) atoms. The normalized spacial score (nSPS) is 21.1. The molecule has 1 fully saturated rings. The highest BCUT2D eigenvalue weighted by Gasteiger charge is 2.24. The van der Waals surface area contributed by atoms with E-state index < -0.39 is 5.82 Å². The van der Waals surface area contributed by atoms with Gasteiger partial charge in [-0.25, -0.2) is 4.39 Å². The van der Waals surface area contributed by atoms with Gasteiger partial charge < -0.3 is 10.2 Å². The van der Waals surface area contributed by atoms with E-state index in [4.69, 9.17) is 0 Å². The van der Waals surface area contributed by atoms with Crippen LogP contribution in [-0.2, 0) is 0 Å². The molecule has 1 saturated heterocycles. The summed E-state index contributed by atoms with van der Waals surface area (Å²) in [6.45, 7) is 4.34. The molecular formula is C13H17FN2O. The minimum Gasteiger partial charge on any atom is -0.335 e. The molecule has 1 aromatic carbocycles. The van der Waals surface area contributed by atoms with Crippen LogP contribution in [0.15, 0.2) is 24.3 Å². The van der Waals surface area contributed by atoms with Gasteiger partial charge in [-0.3, -0.25) is 4.79 Å². The second-order valence-corrected chi connectivity index (χ2v) is 4.39. The van der Waals surface area contributed by atoms with Crippen LogP contribution < -0.4 is 5.32 Å². The molecule has 0 saturated carbocycles. The molecule has 1 heterocycles. The zero-order chi connectivity index (χ0) is 12.3. The van der Waals surface area contributed by atoms with E-state index in [-0.39, 0.29) is 17.5 Å². The number of nitrogens with zero attached hydrogens (tertiary/aromatic N) is 1. The third-order valence-corrected chi connectivity index (χ3v) is 3.09. The monoisotopic (exact) mass is 236 g/mol. The van der Waals surface area contributed by atoms with Gasteiger partial charge in [0.2, 0.25) is 0 Å². The minimum atomic E-state index is -0.443. The first-order valence-electron chi connectivity index (χ1n) is 5.96. The van der Waals surface area contributed by atoms with Gasteiger partial charge in [-0.2, -0.15) is 0 Å². The molecule has 1 N–H and O–H groups in total. The lowest BCUT2D eigenvalue weighted by molar-refractivity contribution is 0.0702. The molecule has 4 heteroatoms. The molecule has 1 aliphatic heterocycles. The third kappa shape index (κ3) is 2.64. The van der Waals surface area contributed by atoms with Crippen molar-refractivity contribution in [3.8, 4) is 0 Å². The van der Waals surface area contributed by atoms with E-state index in [9.17, 15) is 9.18 Å². The van der Waals surface area contributed by atoms with Crippen molar-refractivity contribution in [3.05, 3.63) is 35.6 Å². The van der Waals surface area contributed by atoms with Gasteiger partial charge in [-0.1, -0.05) is 12.1 Å². The van der Waals surface area contributed by atoms with Gasteiger partial charge in [0.25, 0.3) is 5.91 Å². The maximum Gasteiger partial charge on any atom is 0.257 e. The van der Waals surface area contributed by atoms with E-state index >= 15 is 0 Å². The van der Waals surface area contributed by atoms with Crippen molar-refractivity contribution in [1.29, 1.82) is 0 Å². The average molecular weight is 236 g/mol. The first-order valence-corrected chi connectivity index (χ1v) is 5.96. The first-order chi connectivity index (χ1) is 8.20. The van der Waals surface area contributed by atoms with Gasteiger partial charge in [0.05, 0.1) is 5.56 Å². The molecule has 0 aromatic heterocycles. The molecule has 92 valence electrons. The Labute approximate surface area is 101 Å². The molecule has 1 atom stereocenters. The number of nitrogens with one attached hydrogen (secondary N) is 1. The summed E-state index contributed by atoms with van der Waals surface area (Å²) in [5.74, 6) is -0.652. The molecule has 3 nitrogen and oxygen atoms in total. The van der Waals surface area contributed by atoms with Crippen LogP contribution in [0.5, 0.6) is 0 Å². The van der Waals surface area contributed by atoms with Gasteiger partial charge in [0.1, 0.15) is 5.82 Å². The van der Waals surface area contributed by atoms with Crippen molar-refractivity contribution >= 4 is 5.91 Å². The number of hydrogen-bond acceptors (Lipinski definition) is 2. The van der Waals surface area contributed by atoms with Crippen molar-refractivity contribution in [2.24, 2.45) is 0 Å². The van der Waals surface area contributed by atoms with Gasteiger partial charge in [0, 0.05) is 19.1 Å².